The van der Waals surface area contributed by atoms with E-state index in [2.05, 4.69) is 28.1 Å². The number of hydrogen-bond donors (Lipinski definition) is 0. The Hall–Kier alpha value is -0.480. The molecule has 0 heterocycles. The van der Waals surface area contributed by atoms with Crippen LogP contribution < -0.4 is 4.90 Å². The van der Waals surface area contributed by atoms with E-state index < -0.39 is 5.24 Å². The molecule has 1 aromatic rings. The summed E-state index contributed by atoms with van der Waals surface area (Å²) in [7, 11) is 1.59. The second-order valence-corrected chi connectivity index (χ2v) is 3.54. The van der Waals surface area contributed by atoms with Gasteiger partial charge in [-0.2, -0.15) is 4.39 Å². The summed E-state index contributed by atoms with van der Waals surface area (Å²) in [6, 6.07) is 7.25. The van der Waals surface area contributed by atoms with Gasteiger partial charge in [0, 0.05) is 17.2 Å². The standard InChI is InChI=1S/C8H7BrFNS/c1-11(8(10)12)7-4-2-6(9)3-5-7/h2-5H,1H3. The lowest BCUT2D eigenvalue weighted by Crippen LogP contribution is -2.19. The van der Waals surface area contributed by atoms with Crippen LogP contribution in [0.3, 0.4) is 0 Å². The van der Waals surface area contributed by atoms with Crippen molar-refractivity contribution < 1.29 is 4.39 Å². The summed E-state index contributed by atoms with van der Waals surface area (Å²) in [4.78, 5) is 1.31. The topological polar surface area (TPSA) is 3.24 Å². The van der Waals surface area contributed by atoms with E-state index in [-0.39, 0.29) is 0 Å². The zero-order valence-electron chi connectivity index (χ0n) is 6.42. The highest BCUT2D eigenvalue weighted by atomic mass is 79.9. The number of nitrogens with zero attached hydrogens (tertiary/aromatic N) is 1. The molecule has 0 aliphatic rings. The van der Waals surface area contributed by atoms with E-state index in [1.807, 2.05) is 12.1 Å². The van der Waals surface area contributed by atoms with Gasteiger partial charge in [-0.25, -0.2) is 0 Å². The molecule has 0 amide bonds. The number of thiocarbonyl (C=S) groups is 1. The first-order valence-corrected chi connectivity index (χ1v) is 4.50. The highest BCUT2D eigenvalue weighted by molar-refractivity contribution is 9.10. The Morgan fingerprint density at radius 3 is 2.33 bits per heavy atom. The van der Waals surface area contributed by atoms with E-state index in [0.717, 1.165) is 10.2 Å². The monoisotopic (exact) mass is 247 g/mol. The van der Waals surface area contributed by atoms with Gasteiger partial charge in [-0.05, 0) is 36.5 Å². The van der Waals surface area contributed by atoms with Crippen LogP contribution in [0.4, 0.5) is 10.1 Å². The minimum atomic E-state index is -0.627. The van der Waals surface area contributed by atoms with Crippen LogP contribution in [0.2, 0.25) is 0 Å². The third-order valence-corrected chi connectivity index (χ3v) is 2.28. The Balaban J connectivity index is 2.89. The van der Waals surface area contributed by atoms with Crippen LogP contribution in [0, 0.1) is 0 Å². The van der Waals surface area contributed by atoms with Gasteiger partial charge in [0.25, 0.3) is 5.24 Å². The van der Waals surface area contributed by atoms with Crippen molar-refractivity contribution in [3.8, 4) is 0 Å². The average molecular weight is 248 g/mol. The third kappa shape index (κ3) is 2.25. The molecule has 1 aromatic carbocycles. The minimum absolute atomic E-state index is 0.627. The van der Waals surface area contributed by atoms with Gasteiger partial charge in [0.05, 0.1) is 0 Å². The molecule has 0 fully saturated rings. The Morgan fingerprint density at radius 2 is 1.92 bits per heavy atom. The maximum absolute atomic E-state index is 12.5. The molecule has 4 heteroatoms. The lowest BCUT2D eigenvalue weighted by atomic mass is 10.3. The zero-order chi connectivity index (χ0) is 9.14. The molecule has 0 radical (unpaired) electrons. The number of benzene rings is 1. The van der Waals surface area contributed by atoms with Gasteiger partial charge in [0.2, 0.25) is 0 Å². The van der Waals surface area contributed by atoms with Crippen molar-refractivity contribution in [1.29, 1.82) is 0 Å². The fraction of sp³-hybridized carbons (Fsp3) is 0.125. The second kappa shape index (κ2) is 3.96. The van der Waals surface area contributed by atoms with Gasteiger partial charge >= 0.3 is 0 Å². The Bertz CT molecular complexity index is 286. The Labute approximate surface area is 84.3 Å². The molecular formula is C8H7BrFNS. The number of halogens is 2. The largest absolute Gasteiger partial charge is 0.312 e. The van der Waals surface area contributed by atoms with Crippen molar-refractivity contribution in [1.82, 2.24) is 0 Å². The maximum atomic E-state index is 12.5. The number of rotatable bonds is 1. The Kier molecular flexibility index (Phi) is 3.17. The molecule has 0 aliphatic carbocycles. The fourth-order valence-electron chi connectivity index (χ4n) is 0.766. The maximum Gasteiger partial charge on any atom is 0.259 e. The summed E-state index contributed by atoms with van der Waals surface area (Å²) in [5.41, 5.74) is 0.741. The van der Waals surface area contributed by atoms with Gasteiger partial charge in [-0.1, -0.05) is 15.9 Å². The summed E-state index contributed by atoms with van der Waals surface area (Å²) in [6.45, 7) is 0. The molecule has 0 bridgehead atoms. The van der Waals surface area contributed by atoms with Crippen molar-refractivity contribution in [3.05, 3.63) is 28.7 Å². The summed E-state index contributed by atoms with van der Waals surface area (Å²) >= 11 is 7.67. The zero-order valence-corrected chi connectivity index (χ0v) is 8.82. The molecule has 0 unspecified atom stereocenters. The van der Waals surface area contributed by atoms with Crippen LogP contribution in [0.5, 0.6) is 0 Å². The summed E-state index contributed by atoms with van der Waals surface area (Å²) in [5.74, 6) is 0. The molecule has 0 saturated carbocycles. The molecule has 1 rings (SSSR count). The third-order valence-electron chi connectivity index (χ3n) is 1.48. The van der Waals surface area contributed by atoms with E-state index in [0.29, 0.717) is 0 Å². The summed E-state index contributed by atoms with van der Waals surface area (Å²) in [6.07, 6.45) is 0. The molecule has 1 nitrogen and oxygen atoms in total. The Morgan fingerprint density at radius 1 is 1.42 bits per heavy atom. The van der Waals surface area contributed by atoms with E-state index in [4.69, 9.17) is 0 Å². The van der Waals surface area contributed by atoms with Crippen LogP contribution in [0.1, 0.15) is 0 Å². The predicted molar refractivity (Wildman–Crippen MR) is 56.3 cm³/mol. The first-order valence-electron chi connectivity index (χ1n) is 3.30. The first kappa shape index (κ1) is 9.61. The van der Waals surface area contributed by atoms with E-state index in [1.54, 1.807) is 19.2 Å². The van der Waals surface area contributed by atoms with Crippen LogP contribution >= 0.6 is 28.1 Å². The molecule has 0 spiro atoms. The fourth-order valence-corrected chi connectivity index (χ4v) is 1.14. The van der Waals surface area contributed by atoms with Crippen LogP contribution in [0.15, 0.2) is 28.7 Å². The highest BCUT2D eigenvalue weighted by Crippen LogP contribution is 2.17. The molecule has 0 aromatic heterocycles. The van der Waals surface area contributed by atoms with E-state index >= 15 is 0 Å². The molecule has 0 aliphatic heterocycles. The quantitative estimate of drug-likeness (QED) is 0.426. The lowest BCUT2D eigenvalue weighted by molar-refractivity contribution is 0.801. The number of hydrogen-bond acceptors (Lipinski definition) is 1. The van der Waals surface area contributed by atoms with E-state index in [9.17, 15) is 4.39 Å². The van der Waals surface area contributed by atoms with Crippen molar-refractivity contribution in [2.75, 3.05) is 11.9 Å². The molecule has 12 heavy (non-hydrogen) atoms. The molecule has 0 N–H and O–H groups in total. The lowest BCUT2D eigenvalue weighted by Gasteiger charge is -2.13. The second-order valence-electron chi connectivity index (χ2n) is 2.29. The van der Waals surface area contributed by atoms with Gasteiger partial charge in [-0.15, -0.1) is 0 Å². The van der Waals surface area contributed by atoms with Crippen molar-refractivity contribution >= 4 is 39.1 Å². The molecule has 0 atom stereocenters. The normalized spacial score (nSPS) is 9.58. The first-order chi connectivity index (χ1) is 5.61. The predicted octanol–water partition coefficient (Wildman–Crippen LogP) is 3.14. The van der Waals surface area contributed by atoms with Gasteiger partial charge in [-0.3, -0.25) is 0 Å². The molecule has 64 valence electrons. The van der Waals surface area contributed by atoms with Crippen molar-refractivity contribution in [2.24, 2.45) is 0 Å². The van der Waals surface area contributed by atoms with E-state index in [1.165, 1.54) is 4.90 Å². The average Bonchev–Trinajstić information content (AvgIpc) is 2.04. The van der Waals surface area contributed by atoms with Crippen molar-refractivity contribution in [2.45, 2.75) is 0 Å². The van der Waals surface area contributed by atoms with Gasteiger partial charge in [0.15, 0.2) is 0 Å². The van der Waals surface area contributed by atoms with Crippen LogP contribution in [0.25, 0.3) is 0 Å². The van der Waals surface area contributed by atoms with Gasteiger partial charge in [0.1, 0.15) is 0 Å². The molecular weight excluding hydrogens is 241 g/mol. The smallest absolute Gasteiger partial charge is 0.259 e. The number of anilines is 1. The highest BCUT2D eigenvalue weighted by Gasteiger charge is 2.03. The summed E-state index contributed by atoms with van der Waals surface area (Å²) < 4.78 is 13.5. The van der Waals surface area contributed by atoms with Crippen molar-refractivity contribution in [3.63, 3.8) is 0 Å². The van der Waals surface area contributed by atoms with Gasteiger partial charge < -0.3 is 4.90 Å². The van der Waals surface area contributed by atoms with Crippen LogP contribution in [-0.2, 0) is 0 Å². The molecule has 0 saturated heterocycles. The van der Waals surface area contributed by atoms with Crippen LogP contribution in [-0.4, -0.2) is 12.3 Å². The SMILES string of the molecule is CN(C(F)=S)c1ccc(Br)cc1. The minimum Gasteiger partial charge on any atom is -0.312 e. The summed E-state index contributed by atoms with van der Waals surface area (Å²) in [5, 5.41) is -0.627.